The highest BCUT2D eigenvalue weighted by molar-refractivity contribution is 14.1. The molecule has 0 unspecified atom stereocenters. The lowest BCUT2D eigenvalue weighted by molar-refractivity contribution is 0.194. The fourth-order valence-corrected chi connectivity index (χ4v) is 3.16. The Labute approximate surface area is 82.4 Å². The molecule has 2 aliphatic rings. The van der Waals surface area contributed by atoms with Crippen molar-refractivity contribution in [2.45, 2.75) is 18.9 Å². The van der Waals surface area contributed by atoms with Crippen LogP contribution in [0.4, 0.5) is 0 Å². The van der Waals surface area contributed by atoms with Crippen LogP contribution in [-0.2, 0) is 0 Å². The molecule has 2 nitrogen and oxygen atoms in total. The van der Waals surface area contributed by atoms with Gasteiger partial charge in [-0.25, -0.2) is 3.11 Å². The second-order valence-electron chi connectivity index (χ2n) is 3.75. The van der Waals surface area contributed by atoms with Gasteiger partial charge in [0.15, 0.2) is 0 Å². The van der Waals surface area contributed by atoms with Gasteiger partial charge in [0.1, 0.15) is 0 Å². The average Bonchev–Trinajstić information content (AvgIpc) is 2.32. The summed E-state index contributed by atoms with van der Waals surface area (Å²) in [5.74, 6) is 0.964. The zero-order valence-corrected chi connectivity index (χ0v) is 9.12. The molecule has 0 N–H and O–H groups in total. The summed E-state index contributed by atoms with van der Waals surface area (Å²) in [4.78, 5) is 2.54. The Morgan fingerprint density at radius 2 is 2.09 bits per heavy atom. The maximum Gasteiger partial charge on any atom is 0.0201 e. The van der Waals surface area contributed by atoms with Gasteiger partial charge in [-0.1, -0.05) is 0 Å². The van der Waals surface area contributed by atoms with E-state index in [1.54, 1.807) is 0 Å². The molecule has 2 heterocycles. The molecule has 0 spiro atoms. The molecule has 0 aromatic rings. The van der Waals surface area contributed by atoms with Gasteiger partial charge in [-0.15, -0.1) is 0 Å². The summed E-state index contributed by atoms with van der Waals surface area (Å²) < 4.78 is 2.44. The molecule has 2 aliphatic heterocycles. The van der Waals surface area contributed by atoms with Crippen molar-refractivity contribution in [1.82, 2.24) is 8.01 Å². The summed E-state index contributed by atoms with van der Waals surface area (Å²) in [6.45, 7) is 3.92. The topological polar surface area (TPSA) is 6.48 Å². The van der Waals surface area contributed by atoms with Gasteiger partial charge in [0, 0.05) is 42.0 Å². The average molecular weight is 266 g/mol. The van der Waals surface area contributed by atoms with Gasteiger partial charge in [0.05, 0.1) is 0 Å². The lowest BCUT2D eigenvalue weighted by Gasteiger charge is -2.33. The number of piperidine rings is 1. The minimum absolute atomic E-state index is 0.904. The number of likely N-dealkylation sites (tertiary alicyclic amines) is 1. The summed E-state index contributed by atoms with van der Waals surface area (Å²) in [6, 6.07) is 0.904. The Morgan fingerprint density at radius 1 is 1.27 bits per heavy atom. The third-order valence-electron chi connectivity index (χ3n) is 3.06. The molecule has 2 rings (SSSR count). The molecule has 0 saturated carbocycles. The number of rotatable bonds is 0. The van der Waals surface area contributed by atoms with E-state index in [0.717, 1.165) is 12.0 Å². The van der Waals surface area contributed by atoms with E-state index in [-0.39, 0.29) is 0 Å². The van der Waals surface area contributed by atoms with Gasteiger partial charge in [-0.2, -0.15) is 0 Å². The molecule has 0 aromatic carbocycles. The Balaban J connectivity index is 2.00. The molecule has 0 amide bonds. The number of nitrogens with zero attached hydrogens (tertiary/aromatic N) is 2. The normalized spacial score (nSPS) is 40.9. The predicted octanol–water partition coefficient (Wildman–Crippen LogP) is 1.36. The van der Waals surface area contributed by atoms with Gasteiger partial charge in [0.25, 0.3) is 0 Å². The predicted molar refractivity (Wildman–Crippen MR) is 54.7 cm³/mol. The second kappa shape index (κ2) is 3.18. The summed E-state index contributed by atoms with van der Waals surface area (Å²) in [5.41, 5.74) is 0. The van der Waals surface area contributed by atoms with E-state index in [4.69, 9.17) is 0 Å². The van der Waals surface area contributed by atoms with Gasteiger partial charge >= 0.3 is 0 Å². The Kier molecular flexibility index (Phi) is 2.39. The highest BCUT2D eigenvalue weighted by Gasteiger charge is 2.35. The first-order valence-electron chi connectivity index (χ1n) is 4.38. The van der Waals surface area contributed by atoms with Crippen LogP contribution in [0.1, 0.15) is 12.8 Å². The van der Waals surface area contributed by atoms with Crippen LogP contribution in [0.2, 0.25) is 0 Å². The summed E-state index contributed by atoms with van der Waals surface area (Å²) >= 11 is 2.45. The SMILES string of the molecule is CN1CC[C@@H]2CN(I)CC[C@@H]21. The Morgan fingerprint density at radius 3 is 2.91 bits per heavy atom. The number of hydrogen-bond acceptors (Lipinski definition) is 2. The molecule has 64 valence electrons. The van der Waals surface area contributed by atoms with Crippen molar-refractivity contribution in [2.75, 3.05) is 26.7 Å². The molecule has 2 saturated heterocycles. The number of fused-ring (bicyclic) bond motifs is 1. The van der Waals surface area contributed by atoms with Crippen LogP contribution in [0.3, 0.4) is 0 Å². The first kappa shape index (κ1) is 8.26. The fourth-order valence-electron chi connectivity index (χ4n) is 2.37. The Hall–Kier alpha value is 0.650. The van der Waals surface area contributed by atoms with E-state index in [1.165, 1.54) is 32.5 Å². The van der Waals surface area contributed by atoms with Crippen molar-refractivity contribution in [3.63, 3.8) is 0 Å². The molecule has 3 heteroatoms. The van der Waals surface area contributed by atoms with Crippen molar-refractivity contribution >= 4 is 22.9 Å². The molecule has 0 aromatic heterocycles. The number of hydrogen-bond donors (Lipinski definition) is 0. The maximum absolute atomic E-state index is 2.54. The minimum atomic E-state index is 0.904. The van der Waals surface area contributed by atoms with Gasteiger partial charge in [-0.05, 0) is 32.4 Å². The van der Waals surface area contributed by atoms with Crippen molar-refractivity contribution in [3.05, 3.63) is 0 Å². The third-order valence-corrected chi connectivity index (χ3v) is 3.94. The van der Waals surface area contributed by atoms with Crippen molar-refractivity contribution in [1.29, 1.82) is 0 Å². The smallest absolute Gasteiger partial charge is 0.0201 e. The van der Waals surface area contributed by atoms with E-state index in [0.29, 0.717) is 0 Å². The zero-order chi connectivity index (χ0) is 7.84. The molecule has 2 atom stereocenters. The van der Waals surface area contributed by atoms with E-state index in [1.807, 2.05) is 0 Å². The first-order chi connectivity index (χ1) is 5.27. The Bertz CT molecular complexity index is 151. The largest absolute Gasteiger partial charge is 0.303 e. The summed E-state index contributed by atoms with van der Waals surface area (Å²) in [7, 11) is 2.27. The van der Waals surface area contributed by atoms with Crippen molar-refractivity contribution in [2.24, 2.45) is 5.92 Å². The maximum atomic E-state index is 2.54. The highest BCUT2D eigenvalue weighted by Crippen LogP contribution is 2.31. The van der Waals surface area contributed by atoms with Crippen LogP contribution in [-0.4, -0.2) is 40.7 Å². The summed E-state index contributed by atoms with van der Waals surface area (Å²) in [5, 5.41) is 0. The van der Waals surface area contributed by atoms with E-state index in [2.05, 4.69) is 37.9 Å². The van der Waals surface area contributed by atoms with E-state index in [9.17, 15) is 0 Å². The van der Waals surface area contributed by atoms with Crippen LogP contribution in [0.25, 0.3) is 0 Å². The van der Waals surface area contributed by atoms with Gasteiger partial charge in [0.2, 0.25) is 0 Å². The van der Waals surface area contributed by atoms with Crippen molar-refractivity contribution in [3.8, 4) is 0 Å². The highest BCUT2D eigenvalue weighted by atomic mass is 127. The monoisotopic (exact) mass is 266 g/mol. The van der Waals surface area contributed by atoms with Gasteiger partial charge in [-0.3, -0.25) is 0 Å². The lowest BCUT2D eigenvalue weighted by Crippen LogP contribution is -2.40. The first-order valence-corrected chi connectivity index (χ1v) is 5.35. The summed E-state index contributed by atoms with van der Waals surface area (Å²) in [6.07, 6.45) is 2.80. The zero-order valence-electron chi connectivity index (χ0n) is 6.96. The fraction of sp³-hybridized carbons (Fsp3) is 1.00. The van der Waals surface area contributed by atoms with Crippen LogP contribution >= 0.6 is 22.9 Å². The van der Waals surface area contributed by atoms with Gasteiger partial charge < -0.3 is 4.90 Å². The molecular formula is C8H15IN2. The van der Waals surface area contributed by atoms with E-state index >= 15 is 0 Å². The minimum Gasteiger partial charge on any atom is -0.303 e. The standard InChI is InChI=1S/C8H15IN2/c1-10-4-2-7-6-11(9)5-3-8(7)10/h7-8H,2-6H2,1H3/t7-,8+/m1/s1. The molecule has 2 fully saturated rings. The molecule has 0 bridgehead atoms. The lowest BCUT2D eigenvalue weighted by atomic mass is 9.94. The third kappa shape index (κ3) is 1.55. The van der Waals surface area contributed by atoms with Crippen LogP contribution in [0.15, 0.2) is 0 Å². The van der Waals surface area contributed by atoms with Crippen molar-refractivity contribution < 1.29 is 0 Å². The quantitative estimate of drug-likeness (QED) is 0.482. The van der Waals surface area contributed by atoms with Crippen LogP contribution in [0, 0.1) is 5.92 Å². The second-order valence-corrected chi connectivity index (χ2v) is 5.12. The molecule has 11 heavy (non-hydrogen) atoms. The van der Waals surface area contributed by atoms with Crippen LogP contribution in [0.5, 0.6) is 0 Å². The van der Waals surface area contributed by atoms with E-state index < -0.39 is 0 Å². The molecule has 0 radical (unpaired) electrons. The number of halogens is 1. The molecule has 0 aliphatic carbocycles. The molecular weight excluding hydrogens is 251 g/mol. The van der Waals surface area contributed by atoms with Crippen LogP contribution < -0.4 is 0 Å².